The summed E-state index contributed by atoms with van der Waals surface area (Å²) in [5.41, 5.74) is 3.97. The zero-order valence-electron chi connectivity index (χ0n) is 20.9. The lowest BCUT2D eigenvalue weighted by Crippen LogP contribution is -2.47. The first kappa shape index (κ1) is 25.6. The van der Waals surface area contributed by atoms with E-state index in [0.717, 1.165) is 36.0 Å². The van der Waals surface area contributed by atoms with Crippen molar-refractivity contribution >= 4 is 28.8 Å². The number of fused-ring (bicyclic) bond motifs is 1. The monoisotopic (exact) mass is 505 g/mol. The lowest BCUT2D eigenvalue weighted by atomic mass is 9.92. The van der Waals surface area contributed by atoms with Crippen LogP contribution in [0, 0.1) is 24.0 Å². The number of nitrogens with zero attached hydrogens (tertiary/aromatic N) is 3. The molecule has 1 aromatic heterocycles. The van der Waals surface area contributed by atoms with E-state index < -0.39 is 4.92 Å². The Labute approximate surface area is 215 Å². The van der Waals surface area contributed by atoms with E-state index in [4.69, 9.17) is 0 Å². The lowest BCUT2D eigenvalue weighted by Gasteiger charge is -2.37. The molecule has 2 amide bonds. The highest BCUT2D eigenvalue weighted by Crippen LogP contribution is 2.38. The number of nitro groups is 1. The normalized spacial score (nSPS) is 14.9. The summed E-state index contributed by atoms with van der Waals surface area (Å²) in [6.45, 7) is 6.63. The zero-order valence-corrected chi connectivity index (χ0v) is 21.7. The molecule has 0 saturated heterocycles. The summed E-state index contributed by atoms with van der Waals surface area (Å²) in [4.78, 5) is 42.8. The van der Waals surface area contributed by atoms with Crippen molar-refractivity contribution < 1.29 is 14.5 Å². The molecule has 1 unspecified atom stereocenters. The third-order valence-corrected chi connectivity index (χ3v) is 7.72. The number of carbonyl (C=O) groups excluding carboxylic acids is 2. The number of thiophene rings is 1. The first-order chi connectivity index (χ1) is 17.3. The van der Waals surface area contributed by atoms with E-state index in [1.165, 1.54) is 15.8 Å². The highest BCUT2D eigenvalue weighted by Gasteiger charge is 2.34. The first-order valence-corrected chi connectivity index (χ1v) is 13.1. The quantitative estimate of drug-likeness (QED) is 0.291. The van der Waals surface area contributed by atoms with Crippen LogP contribution in [-0.2, 0) is 11.2 Å². The number of unbranched alkanes of at least 4 members (excludes halogenated alkanes) is 1. The van der Waals surface area contributed by atoms with Crippen LogP contribution in [0.3, 0.4) is 0 Å². The number of nitro benzene ring substituents is 1. The predicted molar refractivity (Wildman–Crippen MR) is 141 cm³/mol. The van der Waals surface area contributed by atoms with Gasteiger partial charge in [0.1, 0.15) is 6.54 Å². The summed E-state index contributed by atoms with van der Waals surface area (Å²) in [5.74, 6) is -0.483. The van der Waals surface area contributed by atoms with Gasteiger partial charge in [-0.05, 0) is 55.3 Å². The van der Waals surface area contributed by atoms with Crippen LogP contribution in [0.15, 0.2) is 53.9 Å². The molecule has 8 heteroatoms. The molecule has 188 valence electrons. The fourth-order valence-electron chi connectivity index (χ4n) is 4.67. The average Bonchev–Trinajstić information content (AvgIpc) is 3.35. The third-order valence-electron chi connectivity index (χ3n) is 6.73. The molecule has 0 bridgehead atoms. The van der Waals surface area contributed by atoms with Crippen molar-refractivity contribution in [2.45, 2.75) is 46.1 Å². The van der Waals surface area contributed by atoms with Crippen LogP contribution in [0.5, 0.6) is 0 Å². The average molecular weight is 506 g/mol. The largest absolute Gasteiger partial charge is 0.330 e. The number of rotatable bonds is 8. The van der Waals surface area contributed by atoms with Gasteiger partial charge >= 0.3 is 0 Å². The second-order valence-corrected chi connectivity index (χ2v) is 10.3. The topological polar surface area (TPSA) is 83.8 Å². The van der Waals surface area contributed by atoms with E-state index >= 15 is 0 Å². The Kier molecular flexibility index (Phi) is 7.84. The molecular weight excluding hydrogens is 474 g/mol. The molecule has 0 N–H and O–H groups in total. The summed E-state index contributed by atoms with van der Waals surface area (Å²) in [6, 6.07) is 14.6. The number of hydrogen-bond donors (Lipinski definition) is 0. The Balaban J connectivity index is 1.62. The van der Waals surface area contributed by atoms with Gasteiger partial charge in [0, 0.05) is 35.2 Å². The molecule has 7 nitrogen and oxygen atoms in total. The summed E-state index contributed by atoms with van der Waals surface area (Å²) in [7, 11) is 0. The van der Waals surface area contributed by atoms with Gasteiger partial charge in [-0.25, -0.2) is 0 Å². The molecule has 1 aliphatic rings. The molecular formula is C28H31N3O4S. The minimum atomic E-state index is -0.480. The van der Waals surface area contributed by atoms with Gasteiger partial charge in [-0.15, -0.1) is 11.3 Å². The maximum atomic E-state index is 13.7. The molecule has 0 spiro atoms. The van der Waals surface area contributed by atoms with Crippen LogP contribution in [0.1, 0.15) is 63.3 Å². The lowest BCUT2D eigenvalue weighted by molar-refractivity contribution is -0.385. The van der Waals surface area contributed by atoms with Crippen molar-refractivity contribution in [2.75, 3.05) is 19.6 Å². The standard InChI is InChI=1S/C28H31N3O4S/c1-4-5-14-29(28(33)22-11-8-20(3)24(17-22)31(34)35)18-26(32)30-15-12-25-23(13-16-36-25)27(30)21-9-6-19(2)7-10-21/h6-11,13,16-17,27H,4-5,12,14-15,18H2,1-3H3. The molecule has 1 aliphatic heterocycles. The number of hydrogen-bond acceptors (Lipinski definition) is 5. The Hall–Kier alpha value is -3.52. The van der Waals surface area contributed by atoms with Crippen LogP contribution >= 0.6 is 11.3 Å². The van der Waals surface area contributed by atoms with Crippen LogP contribution < -0.4 is 0 Å². The molecule has 36 heavy (non-hydrogen) atoms. The van der Waals surface area contributed by atoms with E-state index in [1.807, 2.05) is 18.7 Å². The van der Waals surface area contributed by atoms with Gasteiger partial charge in [0.25, 0.3) is 11.6 Å². The maximum absolute atomic E-state index is 13.7. The molecule has 0 saturated carbocycles. The van der Waals surface area contributed by atoms with Crippen molar-refractivity contribution in [3.63, 3.8) is 0 Å². The number of aryl methyl sites for hydroxylation is 2. The molecule has 0 radical (unpaired) electrons. The smallest absolute Gasteiger partial charge is 0.273 e. The summed E-state index contributed by atoms with van der Waals surface area (Å²) in [6.07, 6.45) is 2.39. The molecule has 1 atom stereocenters. The predicted octanol–water partition coefficient (Wildman–Crippen LogP) is 5.69. The summed E-state index contributed by atoms with van der Waals surface area (Å²) < 4.78 is 0. The third kappa shape index (κ3) is 5.33. The van der Waals surface area contributed by atoms with Gasteiger partial charge < -0.3 is 9.80 Å². The fourth-order valence-corrected chi connectivity index (χ4v) is 5.57. The molecule has 2 heterocycles. The Morgan fingerprint density at radius 1 is 1.14 bits per heavy atom. The number of benzene rings is 2. The van der Waals surface area contributed by atoms with Gasteiger partial charge in [0.2, 0.25) is 5.91 Å². The Morgan fingerprint density at radius 3 is 2.58 bits per heavy atom. The summed E-state index contributed by atoms with van der Waals surface area (Å²) >= 11 is 1.72. The van der Waals surface area contributed by atoms with Crippen LogP contribution in [0.2, 0.25) is 0 Å². The minimum absolute atomic E-state index is 0.0671. The second kappa shape index (κ2) is 11.0. The van der Waals surface area contributed by atoms with Gasteiger partial charge in [-0.2, -0.15) is 0 Å². The van der Waals surface area contributed by atoms with Crippen LogP contribution in [0.4, 0.5) is 5.69 Å². The van der Waals surface area contributed by atoms with Crippen molar-refractivity contribution in [1.29, 1.82) is 0 Å². The SMILES string of the molecule is CCCCN(CC(=O)N1CCc2sccc2C1c1ccc(C)cc1)C(=O)c1ccc(C)c([N+](=O)[O-])c1. The summed E-state index contributed by atoms with van der Waals surface area (Å²) in [5, 5.41) is 13.5. The Morgan fingerprint density at radius 2 is 1.89 bits per heavy atom. The van der Waals surface area contributed by atoms with Gasteiger partial charge in [0.05, 0.1) is 11.0 Å². The molecule has 3 aromatic rings. The molecule has 4 rings (SSSR count). The highest BCUT2D eigenvalue weighted by molar-refractivity contribution is 7.10. The maximum Gasteiger partial charge on any atom is 0.273 e. The van der Waals surface area contributed by atoms with E-state index in [0.29, 0.717) is 18.7 Å². The fraction of sp³-hybridized carbons (Fsp3) is 0.357. The number of amides is 2. The van der Waals surface area contributed by atoms with E-state index in [-0.39, 0.29) is 35.7 Å². The van der Waals surface area contributed by atoms with Gasteiger partial charge in [-0.1, -0.05) is 49.2 Å². The van der Waals surface area contributed by atoms with Gasteiger partial charge in [-0.3, -0.25) is 19.7 Å². The second-order valence-electron chi connectivity index (χ2n) is 9.29. The first-order valence-electron chi connectivity index (χ1n) is 12.3. The van der Waals surface area contributed by atoms with E-state index in [1.54, 1.807) is 30.4 Å². The van der Waals surface area contributed by atoms with E-state index in [2.05, 4.69) is 35.7 Å². The van der Waals surface area contributed by atoms with Crippen molar-refractivity contribution in [2.24, 2.45) is 0 Å². The molecule has 0 fully saturated rings. The van der Waals surface area contributed by atoms with Gasteiger partial charge in [0.15, 0.2) is 0 Å². The van der Waals surface area contributed by atoms with Crippen molar-refractivity contribution in [3.8, 4) is 0 Å². The van der Waals surface area contributed by atoms with Crippen molar-refractivity contribution in [1.82, 2.24) is 9.80 Å². The molecule has 2 aromatic carbocycles. The van der Waals surface area contributed by atoms with Crippen molar-refractivity contribution in [3.05, 3.63) is 96.7 Å². The molecule has 0 aliphatic carbocycles. The highest BCUT2D eigenvalue weighted by atomic mass is 32.1. The van der Waals surface area contributed by atoms with E-state index in [9.17, 15) is 19.7 Å². The number of carbonyl (C=O) groups is 2. The zero-order chi connectivity index (χ0) is 25.8. The Bertz CT molecular complexity index is 1270. The van der Waals surface area contributed by atoms with Crippen LogP contribution in [-0.4, -0.2) is 46.2 Å². The minimum Gasteiger partial charge on any atom is -0.330 e. The van der Waals surface area contributed by atoms with Crippen LogP contribution in [0.25, 0.3) is 0 Å².